The molecule has 0 saturated carbocycles. The molecule has 2 heteroatoms. The summed E-state index contributed by atoms with van der Waals surface area (Å²) < 4.78 is 1.07. The lowest BCUT2D eigenvalue weighted by molar-refractivity contribution is -0.898. The van der Waals surface area contributed by atoms with Gasteiger partial charge in [0.1, 0.15) is 0 Å². The highest BCUT2D eigenvalue weighted by atomic mass is 79.9. The maximum Gasteiger partial charge on any atom is 0.0971 e. The first-order chi connectivity index (χ1) is 10.7. The van der Waals surface area contributed by atoms with E-state index >= 15 is 0 Å². The summed E-state index contributed by atoms with van der Waals surface area (Å²) in [7, 11) is 2.32. The Bertz CT molecular complexity index is 253. The molecule has 0 aromatic heterocycles. The van der Waals surface area contributed by atoms with Crippen molar-refractivity contribution in [1.29, 1.82) is 0 Å². The molecule has 23 heavy (non-hydrogen) atoms. The van der Waals surface area contributed by atoms with E-state index in [4.69, 9.17) is 0 Å². The zero-order valence-electron chi connectivity index (χ0n) is 16.0. The van der Waals surface area contributed by atoms with Crippen molar-refractivity contribution in [3.8, 4) is 0 Å². The molecule has 0 radical (unpaired) electrons. The second-order valence-corrected chi connectivity index (χ2v) is 7.17. The van der Waals surface area contributed by atoms with Crippen molar-refractivity contribution in [1.82, 2.24) is 0 Å². The van der Waals surface area contributed by atoms with Gasteiger partial charge in [0, 0.05) is 0 Å². The largest absolute Gasteiger partial charge is 1.00 e. The summed E-state index contributed by atoms with van der Waals surface area (Å²) >= 11 is 0. The zero-order chi connectivity index (χ0) is 16.5. The highest BCUT2D eigenvalue weighted by Crippen LogP contribution is 2.13. The number of unbranched alkanes of at least 4 members (excludes halogenated alkanes) is 11. The lowest BCUT2D eigenvalue weighted by Crippen LogP contribution is -3.00. The topological polar surface area (TPSA) is 0 Å². The first-order valence-corrected chi connectivity index (χ1v) is 9.74. The number of quaternary nitrogens is 1. The quantitative estimate of drug-likeness (QED) is 0.203. The molecule has 138 valence electrons. The standard InChI is InChI=1S/C21H42N.BrH/c1-5-8-9-10-11-12-13-14-15-16-17-18-21-22(4,19-6-2)20-7-3;/h6-7H,2-3,5,8-21H2,1,4H3;1H/q+1;/p-1. The molecule has 1 nitrogen and oxygen atoms in total. The molecule has 0 amide bonds. The van der Waals surface area contributed by atoms with Crippen LogP contribution in [-0.4, -0.2) is 31.2 Å². The molecule has 0 unspecified atom stereocenters. The number of hydrogen-bond acceptors (Lipinski definition) is 0. The van der Waals surface area contributed by atoms with E-state index in [2.05, 4.69) is 27.1 Å². The van der Waals surface area contributed by atoms with Crippen LogP contribution in [0.1, 0.15) is 84.0 Å². The predicted octanol–water partition coefficient (Wildman–Crippen LogP) is 3.51. The van der Waals surface area contributed by atoms with Crippen molar-refractivity contribution < 1.29 is 21.5 Å². The molecule has 0 saturated heterocycles. The van der Waals surface area contributed by atoms with Crippen molar-refractivity contribution in [2.24, 2.45) is 0 Å². The van der Waals surface area contributed by atoms with Gasteiger partial charge >= 0.3 is 0 Å². The van der Waals surface area contributed by atoms with Crippen molar-refractivity contribution in [3.63, 3.8) is 0 Å². The number of nitrogens with zero attached hydrogens (tertiary/aromatic N) is 1. The molecule has 0 aromatic carbocycles. The fraction of sp³-hybridized carbons (Fsp3) is 0.810. The van der Waals surface area contributed by atoms with Crippen LogP contribution in [-0.2, 0) is 0 Å². The minimum atomic E-state index is 0. The summed E-state index contributed by atoms with van der Waals surface area (Å²) in [5.41, 5.74) is 0. The molecule has 0 N–H and O–H groups in total. The third-order valence-electron chi connectivity index (χ3n) is 4.69. The van der Waals surface area contributed by atoms with Gasteiger partial charge in [-0.3, -0.25) is 0 Å². The Morgan fingerprint density at radius 3 is 1.35 bits per heavy atom. The molecule has 0 rings (SSSR count). The van der Waals surface area contributed by atoms with Gasteiger partial charge < -0.3 is 21.5 Å². The van der Waals surface area contributed by atoms with E-state index in [0.717, 1.165) is 17.6 Å². The third kappa shape index (κ3) is 16.6. The van der Waals surface area contributed by atoms with E-state index in [9.17, 15) is 0 Å². The van der Waals surface area contributed by atoms with Crippen molar-refractivity contribution >= 4 is 0 Å². The van der Waals surface area contributed by atoms with Crippen LogP contribution >= 0.6 is 0 Å². The molecule has 0 fully saturated rings. The Morgan fingerprint density at radius 2 is 1.00 bits per heavy atom. The lowest BCUT2D eigenvalue weighted by atomic mass is 10.1. The average molecular weight is 388 g/mol. The first kappa shape index (κ1) is 25.2. The highest BCUT2D eigenvalue weighted by Gasteiger charge is 2.16. The molecule has 0 spiro atoms. The average Bonchev–Trinajstić information content (AvgIpc) is 2.49. The second kappa shape index (κ2) is 18.3. The van der Waals surface area contributed by atoms with Gasteiger partial charge in [-0.15, -0.1) is 0 Å². The van der Waals surface area contributed by atoms with E-state index in [0.29, 0.717) is 0 Å². The molecular formula is C21H42BrN. The maximum atomic E-state index is 3.89. The third-order valence-corrected chi connectivity index (χ3v) is 4.69. The molecule has 0 aliphatic heterocycles. The Kier molecular flexibility index (Phi) is 20.0. The fourth-order valence-electron chi connectivity index (χ4n) is 3.21. The number of rotatable bonds is 17. The van der Waals surface area contributed by atoms with Crippen molar-refractivity contribution in [3.05, 3.63) is 25.3 Å². The summed E-state index contributed by atoms with van der Waals surface area (Å²) in [6.45, 7) is 13.4. The summed E-state index contributed by atoms with van der Waals surface area (Å²) in [5, 5.41) is 0. The van der Waals surface area contributed by atoms with Gasteiger partial charge in [0.05, 0.1) is 26.7 Å². The van der Waals surface area contributed by atoms with Gasteiger partial charge in [0.2, 0.25) is 0 Å². The van der Waals surface area contributed by atoms with Crippen molar-refractivity contribution in [2.75, 3.05) is 26.7 Å². The Morgan fingerprint density at radius 1 is 0.652 bits per heavy atom. The Hall–Kier alpha value is -0.0800. The van der Waals surface area contributed by atoms with Gasteiger partial charge in [-0.1, -0.05) is 84.3 Å². The van der Waals surface area contributed by atoms with Gasteiger partial charge in [-0.2, -0.15) is 0 Å². The molecule has 0 bridgehead atoms. The van der Waals surface area contributed by atoms with E-state index in [-0.39, 0.29) is 17.0 Å². The highest BCUT2D eigenvalue weighted by molar-refractivity contribution is 4.71. The first-order valence-electron chi connectivity index (χ1n) is 9.74. The normalized spacial score (nSPS) is 11.0. The lowest BCUT2D eigenvalue weighted by Gasteiger charge is -2.32. The second-order valence-electron chi connectivity index (χ2n) is 7.17. The smallest absolute Gasteiger partial charge is 0.0971 e. The van der Waals surface area contributed by atoms with Crippen LogP contribution in [0, 0.1) is 0 Å². The number of likely N-dealkylation sites (N-methyl/N-ethyl adjacent to an activating group) is 1. The fourth-order valence-corrected chi connectivity index (χ4v) is 3.21. The van der Waals surface area contributed by atoms with Crippen LogP contribution in [0.15, 0.2) is 25.3 Å². The SMILES string of the molecule is C=CC[N+](C)(CC=C)CCCCCCCCCCCCCC.[Br-]. The summed E-state index contributed by atoms with van der Waals surface area (Å²) in [5.74, 6) is 0. The Balaban J connectivity index is 0. The van der Waals surface area contributed by atoms with Crippen LogP contribution < -0.4 is 17.0 Å². The van der Waals surface area contributed by atoms with E-state index in [1.165, 1.54) is 83.6 Å². The van der Waals surface area contributed by atoms with Gasteiger partial charge in [-0.05, 0) is 25.0 Å². The van der Waals surface area contributed by atoms with E-state index in [1.54, 1.807) is 0 Å². The van der Waals surface area contributed by atoms with Crippen LogP contribution in [0.2, 0.25) is 0 Å². The molecule has 0 atom stereocenters. The van der Waals surface area contributed by atoms with Crippen LogP contribution in [0.4, 0.5) is 0 Å². The molecule has 0 aliphatic rings. The van der Waals surface area contributed by atoms with Crippen LogP contribution in [0.3, 0.4) is 0 Å². The Labute approximate surface area is 157 Å². The summed E-state index contributed by atoms with van der Waals surface area (Å²) in [6.07, 6.45) is 21.2. The summed E-state index contributed by atoms with van der Waals surface area (Å²) in [4.78, 5) is 0. The molecule has 0 heterocycles. The molecule has 0 aromatic rings. The molecule has 0 aliphatic carbocycles. The molecular weight excluding hydrogens is 346 g/mol. The van der Waals surface area contributed by atoms with Crippen LogP contribution in [0.5, 0.6) is 0 Å². The minimum Gasteiger partial charge on any atom is -1.00 e. The van der Waals surface area contributed by atoms with Gasteiger partial charge in [0.15, 0.2) is 0 Å². The van der Waals surface area contributed by atoms with E-state index in [1.807, 2.05) is 12.2 Å². The maximum absolute atomic E-state index is 3.89. The monoisotopic (exact) mass is 387 g/mol. The van der Waals surface area contributed by atoms with Gasteiger partial charge in [0.25, 0.3) is 0 Å². The minimum absolute atomic E-state index is 0. The van der Waals surface area contributed by atoms with Crippen molar-refractivity contribution in [2.45, 2.75) is 84.0 Å². The zero-order valence-corrected chi connectivity index (χ0v) is 17.6. The number of halogens is 1. The van der Waals surface area contributed by atoms with Crippen LogP contribution in [0.25, 0.3) is 0 Å². The van der Waals surface area contributed by atoms with Gasteiger partial charge in [-0.25, -0.2) is 0 Å². The van der Waals surface area contributed by atoms with E-state index < -0.39 is 0 Å². The predicted molar refractivity (Wildman–Crippen MR) is 102 cm³/mol. The summed E-state index contributed by atoms with van der Waals surface area (Å²) in [6, 6.07) is 0. The number of hydrogen-bond donors (Lipinski definition) is 0.